The standard InChI is InChI=1S/C20H19FN4O3S/c21-15-13(24-4-3-11(22)8-24)6-9-5-10-7-23-29-20(10)25-12-1-2-14(26)17(27)18(12)28-19(15)16(9)25/h6-7,9,11,16H,1-5,8,22H2. The molecule has 0 aromatic carbocycles. The minimum Gasteiger partial charge on any atom is -0.450 e. The molecule has 3 atom stereocenters. The Morgan fingerprint density at radius 2 is 2.17 bits per heavy atom. The molecule has 1 aromatic heterocycles. The molecule has 1 saturated heterocycles. The number of Topliss-reactive ketones (excluding diaryl/α,β-unsaturated/α-hetero) is 2. The number of rotatable bonds is 1. The van der Waals surface area contributed by atoms with Crippen molar-refractivity contribution in [2.75, 3.05) is 18.0 Å². The number of anilines is 1. The van der Waals surface area contributed by atoms with E-state index in [1.807, 2.05) is 22.1 Å². The molecule has 9 heteroatoms. The molecule has 3 aliphatic heterocycles. The fourth-order valence-corrected chi connectivity index (χ4v) is 5.92. The van der Waals surface area contributed by atoms with Gasteiger partial charge in [-0.3, -0.25) is 9.59 Å². The van der Waals surface area contributed by atoms with E-state index in [1.54, 1.807) is 0 Å². The second kappa shape index (κ2) is 5.99. The first-order valence-electron chi connectivity index (χ1n) is 9.86. The van der Waals surface area contributed by atoms with E-state index in [9.17, 15) is 9.59 Å². The molecular formula is C20H19FN4O3S. The fraction of sp³-hybridized carbons (Fsp3) is 0.450. The second-order valence-corrected chi connectivity index (χ2v) is 8.97. The number of hydrogen-bond donors (Lipinski definition) is 1. The van der Waals surface area contributed by atoms with Crippen LogP contribution in [-0.2, 0) is 20.7 Å². The van der Waals surface area contributed by atoms with Crippen LogP contribution in [-0.4, -0.2) is 46.0 Å². The van der Waals surface area contributed by atoms with Crippen molar-refractivity contribution < 1.29 is 18.7 Å². The number of carbonyl (C=O) groups is 2. The molecule has 6 rings (SSSR count). The maximum Gasteiger partial charge on any atom is 0.265 e. The third-order valence-electron chi connectivity index (χ3n) is 6.44. The fourth-order valence-electron chi connectivity index (χ4n) is 5.08. The van der Waals surface area contributed by atoms with Crippen molar-refractivity contribution >= 4 is 28.1 Å². The van der Waals surface area contributed by atoms with Gasteiger partial charge in [-0.05, 0) is 30.8 Å². The van der Waals surface area contributed by atoms with Crippen LogP contribution in [0.25, 0.3) is 0 Å². The molecule has 3 unspecified atom stereocenters. The Balaban J connectivity index is 1.54. The summed E-state index contributed by atoms with van der Waals surface area (Å²) in [6.07, 6.45) is 5.92. The lowest BCUT2D eigenvalue weighted by Gasteiger charge is -2.48. The van der Waals surface area contributed by atoms with Crippen LogP contribution in [0.3, 0.4) is 0 Å². The third kappa shape index (κ3) is 2.34. The van der Waals surface area contributed by atoms with Crippen LogP contribution >= 0.6 is 11.5 Å². The second-order valence-electron chi connectivity index (χ2n) is 8.19. The van der Waals surface area contributed by atoms with Crippen molar-refractivity contribution in [3.8, 4) is 0 Å². The van der Waals surface area contributed by atoms with E-state index in [0.29, 0.717) is 30.9 Å². The van der Waals surface area contributed by atoms with E-state index >= 15 is 4.39 Å². The lowest BCUT2D eigenvalue weighted by atomic mass is 9.80. The normalized spacial score (nSPS) is 30.8. The van der Waals surface area contributed by atoms with Crippen molar-refractivity contribution in [1.29, 1.82) is 0 Å². The summed E-state index contributed by atoms with van der Waals surface area (Å²) in [6, 6.07) is -0.344. The molecule has 1 aromatic rings. The summed E-state index contributed by atoms with van der Waals surface area (Å²) in [7, 11) is 0. The molecule has 0 saturated carbocycles. The van der Waals surface area contributed by atoms with E-state index in [1.165, 1.54) is 11.5 Å². The van der Waals surface area contributed by atoms with Gasteiger partial charge in [0.2, 0.25) is 5.78 Å². The molecule has 0 spiro atoms. The highest BCUT2D eigenvalue weighted by Crippen LogP contribution is 2.51. The Labute approximate surface area is 170 Å². The molecule has 150 valence electrons. The number of nitrogens with zero attached hydrogens (tertiary/aromatic N) is 3. The predicted molar refractivity (Wildman–Crippen MR) is 103 cm³/mol. The molecule has 0 bridgehead atoms. The minimum absolute atomic E-state index is 0.0120. The zero-order chi connectivity index (χ0) is 19.9. The van der Waals surface area contributed by atoms with Gasteiger partial charge in [-0.2, -0.15) is 4.37 Å². The van der Waals surface area contributed by atoms with Gasteiger partial charge in [0.25, 0.3) is 5.78 Å². The van der Waals surface area contributed by atoms with Crippen LogP contribution in [0, 0.1) is 5.92 Å². The van der Waals surface area contributed by atoms with Crippen LogP contribution in [0.5, 0.6) is 0 Å². The molecule has 1 fully saturated rings. The van der Waals surface area contributed by atoms with Crippen LogP contribution in [0.4, 0.5) is 9.39 Å². The highest BCUT2D eigenvalue weighted by atomic mass is 32.1. The predicted octanol–water partition coefficient (Wildman–Crippen LogP) is 1.78. The van der Waals surface area contributed by atoms with Crippen molar-refractivity contribution in [2.24, 2.45) is 11.7 Å². The monoisotopic (exact) mass is 414 g/mol. The van der Waals surface area contributed by atoms with Gasteiger partial charge in [-0.1, -0.05) is 6.08 Å². The molecular weight excluding hydrogens is 395 g/mol. The molecule has 0 amide bonds. The SMILES string of the molecule is NC1CCN(C2=CC3Cc4cnsc4N4C5=C(OC(=C2F)C34)C(=O)C(=O)CC5)C1. The van der Waals surface area contributed by atoms with Gasteiger partial charge in [0.1, 0.15) is 11.0 Å². The van der Waals surface area contributed by atoms with Gasteiger partial charge < -0.3 is 20.3 Å². The summed E-state index contributed by atoms with van der Waals surface area (Å²) < 4.78 is 25.9. The van der Waals surface area contributed by atoms with Gasteiger partial charge >= 0.3 is 0 Å². The first kappa shape index (κ1) is 17.3. The van der Waals surface area contributed by atoms with Crippen molar-refractivity contribution in [1.82, 2.24) is 9.27 Å². The Bertz CT molecular complexity index is 1060. The lowest BCUT2D eigenvalue weighted by Crippen LogP contribution is -2.52. The number of halogens is 1. The average Bonchev–Trinajstić information content (AvgIpc) is 3.35. The zero-order valence-corrected chi connectivity index (χ0v) is 16.4. The Morgan fingerprint density at radius 1 is 1.31 bits per heavy atom. The quantitative estimate of drug-likeness (QED) is 0.701. The molecule has 5 aliphatic rings. The highest BCUT2D eigenvalue weighted by molar-refractivity contribution is 7.10. The van der Waals surface area contributed by atoms with Crippen LogP contribution in [0.1, 0.15) is 24.8 Å². The number of aromatic nitrogens is 1. The number of ether oxygens (including phenoxy) is 1. The molecule has 7 nitrogen and oxygen atoms in total. The Kier molecular flexibility index (Phi) is 3.58. The number of allylic oxidation sites excluding steroid dienone is 3. The van der Waals surface area contributed by atoms with Gasteiger partial charge in [-0.15, -0.1) is 0 Å². The number of ketones is 2. The van der Waals surface area contributed by atoms with Crippen molar-refractivity contribution in [3.63, 3.8) is 0 Å². The van der Waals surface area contributed by atoms with E-state index in [2.05, 4.69) is 4.37 Å². The number of likely N-dealkylation sites (tertiary alicyclic amines) is 1. The summed E-state index contributed by atoms with van der Waals surface area (Å²) in [5.41, 5.74) is 8.27. The van der Waals surface area contributed by atoms with Gasteiger partial charge in [-0.25, -0.2) is 4.39 Å². The van der Waals surface area contributed by atoms with Crippen molar-refractivity contribution in [3.05, 3.63) is 46.6 Å². The summed E-state index contributed by atoms with van der Waals surface area (Å²) in [4.78, 5) is 28.6. The van der Waals surface area contributed by atoms with Crippen LogP contribution in [0.15, 0.2) is 41.0 Å². The number of nitrogens with two attached hydrogens (primary N) is 1. The van der Waals surface area contributed by atoms with Crippen LogP contribution in [0.2, 0.25) is 0 Å². The maximum absolute atomic E-state index is 15.7. The maximum atomic E-state index is 15.7. The minimum atomic E-state index is -0.669. The molecule has 2 N–H and O–H groups in total. The molecule has 4 heterocycles. The van der Waals surface area contributed by atoms with E-state index in [4.69, 9.17) is 10.5 Å². The summed E-state index contributed by atoms with van der Waals surface area (Å²) in [5, 5.41) is 0.912. The van der Waals surface area contributed by atoms with Crippen LogP contribution < -0.4 is 10.6 Å². The number of carbonyl (C=O) groups excluding carboxylic acids is 2. The smallest absolute Gasteiger partial charge is 0.265 e. The van der Waals surface area contributed by atoms with Gasteiger partial charge in [0.15, 0.2) is 17.3 Å². The average molecular weight is 414 g/mol. The topological polar surface area (TPSA) is 88.8 Å². The first-order chi connectivity index (χ1) is 14.0. The number of hydrogen-bond acceptors (Lipinski definition) is 8. The Hall–Kier alpha value is -2.52. The summed E-state index contributed by atoms with van der Waals surface area (Å²) in [5.74, 6) is -1.52. The van der Waals surface area contributed by atoms with E-state index < -0.39 is 17.4 Å². The third-order valence-corrected chi connectivity index (χ3v) is 7.28. The molecule has 0 radical (unpaired) electrons. The van der Waals surface area contributed by atoms with E-state index in [0.717, 1.165) is 23.4 Å². The highest BCUT2D eigenvalue weighted by Gasteiger charge is 2.51. The number of fused-ring (bicyclic) bond motifs is 3. The van der Waals surface area contributed by atoms with E-state index in [-0.39, 0.29) is 35.9 Å². The zero-order valence-electron chi connectivity index (χ0n) is 15.6. The largest absolute Gasteiger partial charge is 0.450 e. The van der Waals surface area contributed by atoms with Gasteiger partial charge in [0.05, 0.1) is 11.4 Å². The molecule has 2 aliphatic carbocycles. The lowest BCUT2D eigenvalue weighted by molar-refractivity contribution is -0.137. The summed E-state index contributed by atoms with van der Waals surface area (Å²) in [6.45, 7) is 1.27. The Morgan fingerprint density at radius 3 is 2.97 bits per heavy atom. The summed E-state index contributed by atoms with van der Waals surface area (Å²) >= 11 is 1.33. The molecule has 29 heavy (non-hydrogen) atoms. The first-order valence-corrected chi connectivity index (χ1v) is 10.6. The van der Waals surface area contributed by atoms with Gasteiger partial charge in [0, 0.05) is 43.2 Å². The van der Waals surface area contributed by atoms with Crippen molar-refractivity contribution in [2.45, 2.75) is 37.8 Å².